The molecule has 20 heavy (non-hydrogen) atoms. The Morgan fingerprint density at radius 3 is 2.95 bits per heavy atom. The van der Waals surface area contributed by atoms with E-state index in [1.165, 1.54) is 19.2 Å². The first-order chi connectivity index (χ1) is 9.56. The molecule has 1 fully saturated rings. The molecule has 0 aromatic carbocycles. The highest BCUT2D eigenvalue weighted by Gasteiger charge is 2.29. The van der Waals surface area contributed by atoms with Crippen LogP contribution in [0.1, 0.15) is 16.9 Å². The van der Waals surface area contributed by atoms with E-state index in [-0.39, 0.29) is 29.7 Å². The molecule has 0 spiro atoms. The fourth-order valence-corrected chi connectivity index (χ4v) is 2.21. The van der Waals surface area contributed by atoms with Crippen LogP contribution < -0.4 is 4.90 Å². The second-order valence-electron chi connectivity index (χ2n) is 4.57. The van der Waals surface area contributed by atoms with Crippen molar-refractivity contribution in [3.05, 3.63) is 27.9 Å². The summed E-state index contributed by atoms with van der Waals surface area (Å²) in [6.45, 7) is 1.07. The number of methoxy groups -OCH3 is 1. The van der Waals surface area contributed by atoms with Crippen LogP contribution in [-0.4, -0.2) is 47.8 Å². The van der Waals surface area contributed by atoms with E-state index < -0.39 is 10.9 Å². The zero-order valence-corrected chi connectivity index (χ0v) is 11.0. The summed E-state index contributed by atoms with van der Waals surface area (Å²) in [5.74, 6) is -0.425. The van der Waals surface area contributed by atoms with Crippen LogP contribution in [0.4, 0.5) is 11.5 Å². The lowest BCUT2D eigenvalue weighted by atomic mass is 10.1. The van der Waals surface area contributed by atoms with Crippen LogP contribution in [0.15, 0.2) is 12.1 Å². The SMILES string of the molecule is COC(=O)c1ccc([N+](=O)[O-])c(N2CCC(CO)C2)n1. The van der Waals surface area contributed by atoms with E-state index in [9.17, 15) is 14.9 Å². The highest BCUT2D eigenvalue weighted by Crippen LogP contribution is 2.30. The van der Waals surface area contributed by atoms with Crippen molar-refractivity contribution in [3.63, 3.8) is 0 Å². The molecule has 1 aromatic heterocycles. The molecule has 1 aliphatic heterocycles. The van der Waals surface area contributed by atoms with Crippen LogP contribution >= 0.6 is 0 Å². The van der Waals surface area contributed by atoms with Crippen molar-refractivity contribution >= 4 is 17.5 Å². The third-order valence-electron chi connectivity index (χ3n) is 3.29. The molecule has 1 atom stereocenters. The van der Waals surface area contributed by atoms with Gasteiger partial charge in [0.1, 0.15) is 0 Å². The van der Waals surface area contributed by atoms with Gasteiger partial charge in [0, 0.05) is 31.7 Å². The Morgan fingerprint density at radius 2 is 2.40 bits per heavy atom. The van der Waals surface area contributed by atoms with Crippen molar-refractivity contribution in [2.24, 2.45) is 5.92 Å². The second kappa shape index (κ2) is 5.83. The van der Waals surface area contributed by atoms with Crippen LogP contribution in [0.25, 0.3) is 0 Å². The molecule has 1 saturated heterocycles. The average molecular weight is 281 g/mol. The maximum atomic E-state index is 11.5. The van der Waals surface area contributed by atoms with Gasteiger partial charge >= 0.3 is 11.7 Å². The molecule has 0 saturated carbocycles. The number of aromatic nitrogens is 1. The molecule has 1 aliphatic rings. The van der Waals surface area contributed by atoms with Gasteiger partial charge in [-0.2, -0.15) is 0 Å². The molecule has 1 aromatic rings. The lowest BCUT2D eigenvalue weighted by molar-refractivity contribution is -0.384. The highest BCUT2D eigenvalue weighted by molar-refractivity contribution is 5.88. The second-order valence-corrected chi connectivity index (χ2v) is 4.57. The molecule has 2 heterocycles. The van der Waals surface area contributed by atoms with E-state index in [4.69, 9.17) is 5.11 Å². The lowest BCUT2D eigenvalue weighted by Crippen LogP contribution is -2.23. The Hall–Kier alpha value is -2.22. The third-order valence-corrected chi connectivity index (χ3v) is 3.29. The van der Waals surface area contributed by atoms with Gasteiger partial charge in [-0.05, 0) is 12.5 Å². The van der Waals surface area contributed by atoms with Gasteiger partial charge in [-0.1, -0.05) is 0 Å². The number of ether oxygens (including phenoxy) is 1. The first-order valence-corrected chi connectivity index (χ1v) is 6.16. The van der Waals surface area contributed by atoms with E-state index in [1.54, 1.807) is 4.90 Å². The summed E-state index contributed by atoms with van der Waals surface area (Å²) >= 11 is 0. The van der Waals surface area contributed by atoms with Crippen molar-refractivity contribution < 1.29 is 19.6 Å². The van der Waals surface area contributed by atoms with Crippen LogP contribution in [0.2, 0.25) is 0 Å². The monoisotopic (exact) mass is 281 g/mol. The molecule has 0 radical (unpaired) electrons. The average Bonchev–Trinajstić information content (AvgIpc) is 2.94. The predicted molar refractivity (Wildman–Crippen MR) is 69.6 cm³/mol. The molecule has 2 rings (SSSR count). The van der Waals surface area contributed by atoms with Gasteiger partial charge in [0.05, 0.1) is 12.0 Å². The third kappa shape index (κ3) is 2.69. The molecular formula is C12H15N3O5. The van der Waals surface area contributed by atoms with Crippen LogP contribution in [0, 0.1) is 16.0 Å². The lowest BCUT2D eigenvalue weighted by Gasteiger charge is -2.17. The van der Waals surface area contributed by atoms with E-state index in [1.807, 2.05) is 0 Å². The van der Waals surface area contributed by atoms with Crippen LogP contribution in [0.5, 0.6) is 0 Å². The predicted octanol–water partition coefficient (Wildman–Crippen LogP) is 0.595. The van der Waals surface area contributed by atoms with Crippen molar-refractivity contribution in [1.29, 1.82) is 0 Å². The number of hydrogen-bond acceptors (Lipinski definition) is 7. The smallest absolute Gasteiger partial charge is 0.356 e. The quantitative estimate of drug-likeness (QED) is 0.489. The Morgan fingerprint density at radius 1 is 1.65 bits per heavy atom. The standard InChI is InChI=1S/C12H15N3O5/c1-20-12(17)9-2-3-10(15(18)19)11(13-9)14-5-4-8(6-14)7-16/h2-3,8,16H,4-7H2,1H3. The van der Waals surface area contributed by atoms with E-state index in [0.29, 0.717) is 13.1 Å². The zero-order chi connectivity index (χ0) is 14.7. The number of carbonyl (C=O) groups excluding carboxylic acids is 1. The van der Waals surface area contributed by atoms with E-state index >= 15 is 0 Å². The molecule has 0 amide bonds. The molecule has 0 aliphatic carbocycles. The van der Waals surface area contributed by atoms with Gasteiger partial charge in [0.15, 0.2) is 5.69 Å². The van der Waals surface area contributed by atoms with E-state index in [2.05, 4.69) is 9.72 Å². The molecular weight excluding hydrogens is 266 g/mol. The maximum absolute atomic E-state index is 11.5. The Bertz CT molecular complexity index is 534. The largest absolute Gasteiger partial charge is 0.464 e. The number of hydrogen-bond donors (Lipinski definition) is 1. The first-order valence-electron chi connectivity index (χ1n) is 6.16. The number of nitrogens with zero attached hydrogens (tertiary/aromatic N) is 3. The summed E-state index contributed by atoms with van der Waals surface area (Å²) in [5.41, 5.74) is -0.128. The van der Waals surface area contributed by atoms with E-state index in [0.717, 1.165) is 6.42 Å². The van der Waals surface area contributed by atoms with Crippen LogP contribution in [-0.2, 0) is 4.74 Å². The number of esters is 1. The summed E-state index contributed by atoms with van der Waals surface area (Å²) < 4.78 is 4.57. The van der Waals surface area contributed by atoms with Gasteiger partial charge < -0.3 is 14.7 Å². The molecule has 8 nitrogen and oxygen atoms in total. The zero-order valence-electron chi connectivity index (χ0n) is 11.0. The number of carbonyl (C=O) groups is 1. The Kier molecular flexibility index (Phi) is 4.14. The summed E-state index contributed by atoms with van der Waals surface area (Å²) in [7, 11) is 1.22. The van der Waals surface area contributed by atoms with Crippen molar-refractivity contribution in [1.82, 2.24) is 4.98 Å². The number of aliphatic hydroxyl groups excluding tert-OH is 1. The van der Waals surface area contributed by atoms with Gasteiger partial charge in [0.2, 0.25) is 5.82 Å². The van der Waals surface area contributed by atoms with Gasteiger partial charge in [-0.3, -0.25) is 10.1 Å². The fourth-order valence-electron chi connectivity index (χ4n) is 2.21. The maximum Gasteiger partial charge on any atom is 0.356 e. The minimum absolute atomic E-state index is 0.0283. The molecule has 0 bridgehead atoms. The van der Waals surface area contributed by atoms with Gasteiger partial charge in [-0.25, -0.2) is 9.78 Å². The first kappa shape index (κ1) is 14.2. The molecule has 1 unspecified atom stereocenters. The topological polar surface area (TPSA) is 106 Å². The highest BCUT2D eigenvalue weighted by atomic mass is 16.6. The number of anilines is 1. The summed E-state index contributed by atoms with van der Waals surface area (Å²) in [5, 5.41) is 20.2. The Labute approximate surface area is 115 Å². The van der Waals surface area contributed by atoms with Gasteiger partial charge in [0.25, 0.3) is 0 Å². The Balaban J connectivity index is 2.37. The normalized spacial score (nSPS) is 18.1. The summed E-state index contributed by atoms with van der Waals surface area (Å²) in [6.07, 6.45) is 0.734. The number of rotatable bonds is 4. The van der Waals surface area contributed by atoms with Crippen molar-refractivity contribution in [2.45, 2.75) is 6.42 Å². The number of nitro groups is 1. The number of pyridine rings is 1. The van der Waals surface area contributed by atoms with Crippen LogP contribution in [0.3, 0.4) is 0 Å². The van der Waals surface area contributed by atoms with Gasteiger partial charge in [-0.15, -0.1) is 0 Å². The fraction of sp³-hybridized carbons (Fsp3) is 0.500. The minimum atomic E-state index is -0.640. The molecule has 1 N–H and O–H groups in total. The van der Waals surface area contributed by atoms with Crippen molar-refractivity contribution in [2.75, 3.05) is 31.7 Å². The minimum Gasteiger partial charge on any atom is -0.464 e. The number of aliphatic hydroxyl groups is 1. The summed E-state index contributed by atoms with van der Waals surface area (Å²) in [4.78, 5) is 27.7. The molecule has 108 valence electrons. The molecule has 8 heteroatoms. The van der Waals surface area contributed by atoms with Crippen molar-refractivity contribution in [3.8, 4) is 0 Å². The summed E-state index contributed by atoms with van der Waals surface area (Å²) in [6, 6.07) is 2.52.